The van der Waals surface area contributed by atoms with Gasteiger partial charge in [0, 0.05) is 21.5 Å². The van der Waals surface area contributed by atoms with Crippen molar-refractivity contribution in [3.05, 3.63) is 91.9 Å². The minimum absolute atomic E-state index is 0.268. The first-order chi connectivity index (χ1) is 21.3. The molecular weight excluding hydrogens is 626 g/mol. The number of carbonyl (C=O) groups is 3. The molecule has 1 aromatic heterocycles. The second-order valence-corrected chi connectivity index (χ2v) is 12.5. The summed E-state index contributed by atoms with van der Waals surface area (Å²) >= 11 is 8.14. The molecule has 0 spiro atoms. The molecule has 2 N–H and O–H groups in total. The summed E-state index contributed by atoms with van der Waals surface area (Å²) in [5.74, 6) is -1.14. The van der Waals surface area contributed by atoms with Crippen molar-refractivity contribution >= 4 is 63.8 Å². The maximum Gasteiger partial charge on any atom is 0.305 e. The number of H-pyrrole nitrogens is 1. The molecule has 1 fully saturated rings. The zero-order valence-corrected chi connectivity index (χ0v) is 25.9. The number of halogens is 1. The Hall–Kier alpha value is -4.26. The second-order valence-electron chi connectivity index (χ2n) is 9.94. The average Bonchev–Trinajstić information content (AvgIpc) is 3.51. The minimum Gasteiger partial charge on any atom is -0.497 e. The van der Waals surface area contributed by atoms with Gasteiger partial charge in [-0.15, -0.1) is 0 Å². The molecule has 2 aliphatic rings. The maximum absolute atomic E-state index is 14.0. The van der Waals surface area contributed by atoms with Crippen LogP contribution in [0.15, 0.2) is 76.6 Å². The van der Waals surface area contributed by atoms with Gasteiger partial charge >= 0.3 is 4.87 Å². The monoisotopic (exact) mass is 651 g/mol. The number of nitrogens with one attached hydrogen (secondary N) is 2. The molecule has 3 amide bonds. The van der Waals surface area contributed by atoms with E-state index in [1.165, 1.54) is 16.7 Å². The average molecular weight is 652 g/mol. The van der Waals surface area contributed by atoms with Crippen LogP contribution in [0.3, 0.4) is 0 Å². The molecule has 3 heterocycles. The fourth-order valence-electron chi connectivity index (χ4n) is 5.34. The van der Waals surface area contributed by atoms with E-state index in [-0.39, 0.29) is 29.2 Å². The standard InChI is InChI=1S/C31H26ClN3O7S2/c1-3-41-22-14-16(4-13-21(22)42-15-23(36)33-18-7-5-17(32)6-8-18)24-25-27(43-28-26(24)44-31(39)34-28)30(38)35(29(25)37)19-9-11-20(40-2)12-10-19/h4-14,24-25,27H,3,15H2,1-2H3,(H,33,36)(H,34,39). The van der Waals surface area contributed by atoms with E-state index in [0.29, 0.717) is 55.7 Å². The molecule has 3 unspecified atom stereocenters. The van der Waals surface area contributed by atoms with Crippen molar-refractivity contribution in [3.63, 3.8) is 0 Å². The van der Waals surface area contributed by atoms with E-state index in [2.05, 4.69) is 10.3 Å². The van der Waals surface area contributed by atoms with Gasteiger partial charge in [-0.2, -0.15) is 0 Å². The van der Waals surface area contributed by atoms with Crippen molar-refractivity contribution in [1.29, 1.82) is 0 Å². The molecule has 226 valence electrons. The smallest absolute Gasteiger partial charge is 0.305 e. The molecule has 0 aliphatic carbocycles. The number of hydrogen-bond donors (Lipinski definition) is 2. The number of benzene rings is 3. The van der Waals surface area contributed by atoms with Crippen LogP contribution in [0.4, 0.5) is 11.4 Å². The Kier molecular flexibility index (Phi) is 8.39. The third-order valence-corrected chi connectivity index (χ3v) is 9.92. The number of nitrogens with zero attached hydrogens (tertiary/aromatic N) is 1. The molecule has 44 heavy (non-hydrogen) atoms. The van der Waals surface area contributed by atoms with Gasteiger partial charge in [-0.1, -0.05) is 40.8 Å². The molecular formula is C31H26ClN3O7S2. The van der Waals surface area contributed by atoms with Crippen LogP contribution in [0.25, 0.3) is 0 Å². The van der Waals surface area contributed by atoms with Crippen molar-refractivity contribution in [2.75, 3.05) is 30.5 Å². The van der Waals surface area contributed by atoms with E-state index in [4.69, 9.17) is 25.8 Å². The topological polar surface area (TPSA) is 127 Å². The Morgan fingerprint density at radius 3 is 2.43 bits per heavy atom. The second kappa shape index (κ2) is 12.4. The Bertz CT molecular complexity index is 1790. The lowest BCUT2D eigenvalue weighted by atomic mass is 9.83. The van der Waals surface area contributed by atoms with E-state index in [0.717, 1.165) is 11.3 Å². The summed E-state index contributed by atoms with van der Waals surface area (Å²) in [6, 6.07) is 18.6. The van der Waals surface area contributed by atoms with Gasteiger partial charge in [0.25, 0.3) is 5.91 Å². The molecule has 0 saturated carbocycles. The maximum atomic E-state index is 14.0. The zero-order valence-electron chi connectivity index (χ0n) is 23.5. The van der Waals surface area contributed by atoms with Crippen molar-refractivity contribution in [1.82, 2.24) is 4.98 Å². The highest BCUT2D eigenvalue weighted by atomic mass is 35.5. The van der Waals surface area contributed by atoms with Crippen LogP contribution in [-0.4, -0.2) is 48.3 Å². The summed E-state index contributed by atoms with van der Waals surface area (Å²) in [7, 11) is 1.54. The van der Waals surface area contributed by atoms with Gasteiger partial charge < -0.3 is 24.5 Å². The highest BCUT2D eigenvalue weighted by Gasteiger charge is 2.56. The number of rotatable bonds is 9. The summed E-state index contributed by atoms with van der Waals surface area (Å²) in [5, 5.41) is 3.13. The molecule has 3 atom stereocenters. The number of imide groups is 1. The Labute approximate surface area is 265 Å². The number of hydrogen-bond acceptors (Lipinski definition) is 9. The normalized spacial score (nSPS) is 18.9. The molecule has 4 aromatic rings. The van der Waals surface area contributed by atoms with Crippen LogP contribution >= 0.6 is 34.7 Å². The van der Waals surface area contributed by atoms with Crippen LogP contribution in [-0.2, 0) is 14.4 Å². The molecule has 0 bridgehead atoms. The van der Waals surface area contributed by atoms with Crippen molar-refractivity contribution in [3.8, 4) is 17.2 Å². The summed E-state index contributed by atoms with van der Waals surface area (Å²) < 4.78 is 16.9. The fraction of sp³-hybridized carbons (Fsp3) is 0.226. The quantitative estimate of drug-likeness (QED) is 0.233. The molecule has 2 aliphatic heterocycles. The van der Waals surface area contributed by atoms with Crippen LogP contribution in [0.5, 0.6) is 17.2 Å². The first-order valence-corrected chi connectivity index (χ1v) is 15.7. The van der Waals surface area contributed by atoms with Crippen molar-refractivity contribution < 1.29 is 28.6 Å². The van der Waals surface area contributed by atoms with Gasteiger partial charge in [0.2, 0.25) is 11.8 Å². The molecule has 1 saturated heterocycles. The number of anilines is 2. The third kappa shape index (κ3) is 5.68. The molecule has 13 heteroatoms. The predicted octanol–water partition coefficient (Wildman–Crippen LogP) is 5.31. The highest BCUT2D eigenvalue weighted by Crippen LogP contribution is 2.53. The first-order valence-electron chi connectivity index (χ1n) is 13.6. The lowest BCUT2D eigenvalue weighted by Gasteiger charge is -2.30. The number of aromatic nitrogens is 1. The van der Waals surface area contributed by atoms with E-state index in [1.54, 1.807) is 73.8 Å². The molecule has 6 rings (SSSR count). The van der Waals surface area contributed by atoms with Crippen LogP contribution in [0.1, 0.15) is 23.3 Å². The van der Waals surface area contributed by atoms with Crippen LogP contribution in [0.2, 0.25) is 5.02 Å². The van der Waals surface area contributed by atoms with Gasteiger partial charge in [0.05, 0.1) is 30.3 Å². The number of aromatic amines is 1. The number of methoxy groups -OCH3 is 1. The third-order valence-electron chi connectivity index (χ3n) is 7.27. The summed E-state index contributed by atoms with van der Waals surface area (Å²) in [4.78, 5) is 57.2. The number of fused-ring (bicyclic) bond motifs is 2. The highest BCUT2D eigenvalue weighted by molar-refractivity contribution is 8.00. The number of ether oxygens (including phenoxy) is 3. The Morgan fingerprint density at radius 1 is 0.977 bits per heavy atom. The van der Waals surface area contributed by atoms with Gasteiger partial charge in [0.15, 0.2) is 18.1 Å². The van der Waals surface area contributed by atoms with E-state index in [1.807, 2.05) is 6.92 Å². The largest absolute Gasteiger partial charge is 0.497 e. The van der Waals surface area contributed by atoms with E-state index in [9.17, 15) is 19.2 Å². The van der Waals surface area contributed by atoms with E-state index >= 15 is 0 Å². The SMILES string of the molecule is CCOc1cc(C2c3sc(=O)[nH]c3SC3C(=O)N(c4ccc(OC)cc4)C(=O)C32)ccc1OCC(=O)Nc1ccc(Cl)cc1. The van der Waals surface area contributed by atoms with Gasteiger partial charge in [-0.25, -0.2) is 4.90 Å². The number of carbonyl (C=O) groups excluding carboxylic acids is 3. The molecule has 0 radical (unpaired) electrons. The fourth-order valence-corrected chi connectivity index (χ4v) is 7.98. The summed E-state index contributed by atoms with van der Waals surface area (Å²) in [6.45, 7) is 1.86. The number of thiazole rings is 1. The summed E-state index contributed by atoms with van der Waals surface area (Å²) in [6.07, 6.45) is 0. The Morgan fingerprint density at radius 2 is 1.73 bits per heavy atom. The van der Waals surface area contributed by atoms with Gasteiger partial charge in [-0.3, -0.25) is 19.2 Å². The van der Waals surface area contributed by atoms with Crippen molar-refractivity contribution in [2.24, 2.45) is 5.92 Å². The zero-order chi connectivity index (χ0) is 31.0. The first kappa shape index (κ1) is 29.8. The lowest BCUT2D eigenvalue weighted by molar-refractivity contribution is -0.122. The predicted molar refractivity (Wildman–Crippen MR) is 169 cm³/mol. The number of amides is 3. The lowest BCUT2D eigenvalue weighted by Crippen LogP contribution is -2.32. The summed E-state index contributed by atoms with van der Waals surface area (Å²) in [5.41, 5.74) is 1.70. The van der Waals surface area contributed by atoms with Crippen molar-refractivity contribution in [2.45, 2.75) is 23.1 Å². The minimum atomic E-state index is -0.764. The van der Waals surface area contributed by atoms with Crippen LogP contribution < -0.4 is 29.3 Å². The Balaban J connectivity index is 1.30. The van der Waals surface area contributed by atoms with Crippen LogP contribution in [0, 0.1) is 5.92 Å². The molecule has 10 nitrogen and oxygen atoms in total. The number of thioether (sulfide) groups is 1. The molecule has 3 aromatic carbocycles. The van der Waals surface area contributed by atoms with Gasteiger partial charge in [-0.05, 0) is 73.2 Å². The van der Waals surface area contributed by atoms with E-state index < -0.39 is 17.1 Å². The van der Waals surface area contributed by atoms with Gasteiger partial charge in [0.1, 0.15) is 11.0 Å².